The first-order valence-electron chi connectivity index (χ1n) is 6.11. The van der Waals surface area contributed by atoms with Crippen LogP contribution in [0.4, 0.5) is 11.4 Å². The van der Waals surface area contributed by atoms with Crippen LogP contribution in [0.5, 0.6) is 5.75 Å². The SMILES string of the molecule is O=C1Cc2cc([N+](=O)[O-])c(Sc3ccc(O)cc3)cc2N1. The van der Waals surface area contributed by atoms with Crippen molar-refractivity contribution in [2.75, 3.05) is 5.32 Å². The lowest BCUT2D eigenvalue weighted by Crippen LogP contribution is -2.03. The van der Waals surface area contributed by atoms with E-state index in [9.17, 15) is 20.0 Å². The van der Waals surface area contributed by atoms with Gasteiger partial charge in [0.1, 0.15) is 5.75 Å². The van der Waals surface area contributed by atoms with Crippen molar-refractivity contribution >= 4 is 29.0 Å². The van der Waals surface area contributed by atoms with Gasteiger partial charge in [0.2, 0.25) is 5.91 Å². The molecule has 1 heterocycles. The van der Waals surface area contributed by atoms with E-state index in [1.165, 1.54) is 30.0 Å². The Balaban J connectivity index is 2.01. The molecule has 1 aliphatic rings. The van der Waals surface area contributed by atoms with E-state index in [1.54, 1.807) is 18.2 Å². The lowest BCUT2D eigenvalue weighted by Gasteiger charge is -2.06. The van der Waals surface area contributed by atoms with Gasteiger partial charge < -0.3 is 10.4 Å². The maximum absolute atomic E-state index is 11.4. The molecule has 2 N–H and O–H groups in total. The maximum atomic E-state index is 11.4. The highest BCUT2D eigenvalue weighted by molar-refractivity contribution is 7.99. The second-order valence-electron chi connectivity index (χ2n) is 4.56. The number of phenolic OH excluding ortho intramolecular Hbond substituents is 1. The number of aromatic hydroxyl groups is 1. The monoisotopic (exact) mass is 302 g/mol. The predicted molar refractivity (Wildman–Crippen MR) is 77.7 cm³/mol. The van der Waals surface area contributed by atoms with Crippen molar-refractivity contribution in [3.63, 3.8) is 0 Å². The van der Waals surface area contributed by atoms with Gasteiger partial charge in [0, 0.05) is 16.6 Å². The van der Waals surface area contributed by atoms with Crippen LogP contribution in [0.2, 0.25) is 0 Å². The molecule has 0 bridgehead atoms. The van der Waals surface area contributed by atoms with Crippen LogP contribution in [0.3, 0.4) is 0 Å². The third kappa shape index (κ3) is 2.68. The minimum Gasteiger partial charge on any atom is -0.508 e. The molecule has 1 aliphatic heterocycles. The van der Waals surface area contributed by atoms with Crippen LogP contribution >= 0.6 is 11.8 Å². The summed E-state index contributed by atoms with van der Waals surface area (Å²) in [5.41, 5.74) is 1.23. The van der Waals surface area contributed by atoms with Gasteiger partial charge in [0.25, 0.3) is 5.69 Å². The molecule has 0 spiro atoms. The van der Waals surface area contributed by atoms with Crippen molar-refractivity contribution in [2.24, 2.45) is 0 Å². The number of nitro benzene ring substituents is 1. The Morgan fingerprint density at radius 2 is 1.95 bits per heavy atom. The number of benzene rings is 2. The van der Waals surface area contributed by atoms with Crippen molar-refractivity contribution in [3.05, 3.63) is 52.1 Å². The van der Waals surface area contributed by atoms with Crippen LogP contribution in [-0.4, -0.2) is 15.9 Å². The largest absolute Gasteiger partial charge is 0.508 e. The van der Waals surface area contributed by atoms with Gasteiger partial charge in [0.15, 0.2) is 0 Å². The number of hydrogen-bond donors (Lipinski definition) is 2. The van der Waals surface area contributed by atoms with Crippen LogP contribution in [0.15, 0.2) is 46.2 Å². The second kappa shape index (κ2) is 5.10. The summed E-state index contributed by atoms with van der Waals surface area (Å²) < 4.78 is 0. The van der Waals surface area contributed by atoms with Gasteiger partial charge in [-0.2, -0.15) is 0 Å². The average molecular weight is 302 g/mol. The number of anilines is 1. The first kappa shape index (κ1) is 13.4. The number of nitro groups is 1. The molecule has 0 saturated carbocycles. The Morgan fingerprint density at radius 3 is 2.62 bits per heavy atom. The zero-order valence-corrected chi connectivity index (χ0v) is 11.5. The highest BCUT2D eigenvalue weighted by Gasteiger charge is 2.24. The molecular weight excluding hydrogens is 292 g/mol. The first-order chi connectivity index (χ1) is 10.0. The van der Waals surface area contributed by atoms with Gasteiger partial charge in [-0.05, 0) is 35.9 Å². The summed E-state index contributed by atoms with van der Waals surface area (Å²) in [6, 6.07) is 9.45. The van der Waals surface area contributed by atoms with Gasteiger partial charge in [-0.25, -0.2) is 0 Å². The summed E-state index contributed by atoms with van der Waals surface area (Å²) >= 11 is 1.21. The van der Waals surface area contributed by atoms with E-state index in [0.717, 1.165) is 4.90 Å². The third-order valence-corrected chi connectivity index (χ3v) is 4.13. The molecule has 0 radical (unpaired) electrons. The van der Waals surface area contributed by atoms with Gasteiger partial charge in [-0.3, -0.25) is 14.9 Å². The molecule has 3 rings (SSSR count). The minimum absolute atomic E-state index is 0.0247. The topological polar surface area (TPSA) is 92.5 Å². The molecule has 21 heavy (non-hydrogen) atoms. The Labute approximate surface area is 123 Å². The Hall–Kier alpha value is -2.54. The van der Waals surface area contributed by atoms with E-state index >= 15 is 0 Å². The molecule has 2 aromatic carbocycles. The number of nitrogens with one attached hydrogen (secondary N) is 1. The second-order valence-corrected chi connectivity index (χ2v) is 5.67. The number of phenols is 1. The summed E-state index contributed by atoms with van der Waals surface area (Å²) in [5, 5.41) is 23.1. The van der Waals surface area contributed by atoms with E-state index in [1.807, 2.05) is 0 Å². The standard InChI is InChI=1S/C14H10N2O4S/c17-9-1-3-10(4-2-9)21-13-7-11-8(6-14(18)15-11)5-12(13)16(19)20/h1-5,7,17H,6H2,(H,15,18). The van der Waals surface area contributed by atoms with E-state index in [-0.39, 0.29) is 23.8 Å². The molecule has 0 aliphatic carbocycles. The van der Waals surface area contributed by atoms with Crippen molar-refractivity contribution in [1.29, 1.82) is 0 Å². The van der Waals surface area contributed by atoms with Gasteiger partial charge >= 0.3 is 0 Å². The Bertz CT molecular complexity index is 743. The number of carbonyl (C=O) groups excluding carboxylic acids is 1. The molecule has 6 nitrogen and oxygen atoms in total. The number of carbonyl (C=O) groups is 1. The van der Waals surface area contributed by atoms with Gasteiger partial charge in [0.05, 0.1) is 16.2 Å². The van der Waals surface area contributed by atoms with Crippen LogP contribution in [0, 0.1) is 10.1 Å². The minimum atomic E-state index is -0.453. The lowest BCUT2D eigenvalue weighted by molar-refractivity contribution is -0.387. The maximum Gasteiger partial charge on any atom is 0.283 e. The molecule has 0 aromatic heterocycles. The smallest absolute Gasteiger partial charge is 0.283 e. The van der Waals surface area contributed by atoms with Crippen LogP contribution in [-0.2, 0) is 11.2 Å². The summed E-state index contributed by atoms with van der Waals surface area (Å²) in [5.74, 6) is -0.0267. The first-order valence-corrected chi connectivity index (χ1v) is 6.92. The van der Waals surface area contributed by atoms with Gasteiger partial charge in [-0.1, -0.05) is 11.8 Å². The van der Waals surface area contributed by atoms with E-state index in [0.29, 0.717) is 16.1 Å². The quantitative estimate of drug-likeness (QED) is 0.671. The zero-order valence-electron chi connectivity index (χ0n) is 10.7. The Morgan fingerprint density at radius 1 is 1.24 bits per heavy atom. The number of fused-ring (bicyclic) bond motifs is 1. The Kier molecular flexibility index (Phi) is 3.26. The van der Waals surface area contributed by atoms with Crippen molar-refractivity contribution in [1.82, 2.24) is 0 Å². The van der Waals surface area contributed by atoms with E-state index in [2.05, 4.69) is 5.32 Å². The van der Waals surface area contributed by atoms with Crippen LogP contribution < -0.4 is 5.32 Å². The average Bonchev–Trinajstić information content (AvgIpc) is 2.79. The molecule has 0 unspecified atom stereocenters. The fourth-order valence-electron chi connectivity index (χ4n) is 2.11. The fraction of sp³-hybridized carbons (Fsp3) is 0.0714. The molecule has 0 saturated heterocycles. The molecule has 106 valence electrons. The summed E-state index contributed by atoms with van der Waals surface area (Å²) in [7, 11) is 0. The fourth-order valence-corrected chi connectivity index (χ4v) is 3.05. The van der Waals surface area contributed by atoms with E-state index < -0.39 is 4.92 Å². The normalized spacial score (nSPS) is 12.9. The number of hydrogen-bond acceptors (Lipinski definition) is 5. The summed E-state index contributed by atoms with van der Waals surface area (Å²) in [4.78, 5) is 23.3. The van der Waals surface area contributed by atoms with Crippen molar-refractivity contribution in [3.8, 4) is 5.75 Å². The third-order valence-electron chi connectivity index (χ3n) is 3.07. The molecule has 1 amide bonds. The number of nitrogens with zero attached hydrogens (tertiary/aromatic N) is 1. The van der Waals surface area contributed by atoms with E-state index in [4.69, 9.17) is 0 Å². The summed E-state index contributed by atoms with van der Waals surface area (Å²) in [6.45, 7) is 0. The van der Waals surface area contributed by atoms with Crippen molar-refractivity contribution in [2.45, 2.75) is 16.2 Å². The zero-order chi connectivity index (χ0) is 15.0. The van der Waals surface area contributed by atoms with Crippen LogP contribution in [0.1, 0.15) is 5.56 Å². The predicted octanol–water partition coefficient (Wildman–Crippen LogP) is 2.95. The molecule has 2 aromatic rings. The molecule has 0 atom stereocenters. The molecular formula is C14H10N2O4S. The van der Waals surface area contributed by atoms with Crippen molar-refractivity contribution < 1.29 is 14.8 Å². The van der Waals surface area contributed by atoms with Gasteiger partial charge in [-0.15, -0.1) is 0 Å². The summed E-state index contributed by atoms with van der Waals surface area (Å²) in [6.07, 6.45) is 0.167. The lowest BCUT2D eigenvalue weighted by atomic mass is 10.1. The highest BCUT2D eigenvalue weighted by atomic mass is 32.2. The highest BCUT2D eigenvalue weighted by Crippen LogP contribution is 2.40. The van der Waals surface area contributed by atoms with Crippen LogP contribution in [0.25, 0.3) is 0 Å². The number of rotatable bonds is 3. The molecule has 0 fully saturated rings. The molecule has 7 heteroatoms. The number of amides is 1.